The van der Waals surface area contributed by atoms with E-state index in [0.717, 1.165) is 16.7 Å². The maximum absolute atomic E-state index is 11.8. The van der Waals surface area contributed by atoms with E-state index >= 15 is 0 Å². The Labute approximate surface area is 121 Å². The molecule has 0 aromatic heterocycles. The summed E-state index contributed by atoms with van der Waals surface area (Å²) in [5.41, 5.74) is 2.79. The Morgan fingerprint density at radius 1 is 0.947 bits per heavy atom. The van der Waals surface area contributed by atoms with Crippen LogP contribution in [0.1, 0.15) is 27.4 Å². The second kappa shape index (κ2) is 4.84. The van der Waals surface area contributed by atoms with E-state index in [1.807, 2.05) is 42.5 Å². The van der Waals surface area contributed by atoms with E-state index in [0.29, 0.717) is 10.0 Å². The van der Waals surface area contributed by atoms with Crippen molar-refractivity contribution in [2.75, 3.05) is 0 Å². The van der Waals surface area contributed by atoms with Crippen LogP contribution in [0.4, 0.5) is 0 Å². The average Bonchev–Trinajstić information content (AvgIpc) is 2.43. The first-order valence-electron chi connectivity index (χ1n) is 5.93. The fraction of sp³-hybridized carbons (Fsp3) is 0.0625. The second-order valence-corrected chi connectivity index (χ2v) is 5.28. The molecule has 1 aliphatic rings. The van der Waals surface area contributed by atoms with Crippen molar-refractivity contribution in [1.82, 2.24) is 0 Å². The maximum atomic E-state index is 11.8. The number of carbonyl (C=O) groups is 1. The molecular weight excluding hydrogens is 279 g/mol. The molecule has 1 aliphatic carbocycles. The van der Waals surface area contributed by atoms with Crippen molar-refractivity contribution in [2.24, 2.45) is 0 Å². The minimum atomic E-state index is 0.0451. The van der Waals surface area contributed by atoms with E-state index in [1.54, 1.807) is 12.1 Å². The van der Waals surface area contributed by atoms with Gasteiger partial charge in [-0.1, -0.05) is 59.6 Å². The fourth-order valence-corrected chi connectivity index (χ4v) is 2.67. The summed E-state index contributed by atoms with van der Waals surface area (Å²) in [4.78, 5) is 11.8. The summed E-state index contributed by atoms with van der Waals surface area (Å²) in [6, 6.07) is 13.2. The topological polar surface area (TPSA) is 17.1 Å². The number of ketones is 1. The first kappa shape index (κ1) is 12.5. The summed E-state index contributed by atoms with van der Waals surface area (Å²) < 4.78 is 0. The Morgan fingerprint density at radius 2 is 1.74 bits per heavy atom. The molecule has 19 heavy (non-hydrogen) atoms. The molecule has 0 unspecified atom stereocenters. The molecule has 0 N–H and O–H groups in total. The highest BCUT2D eigenvalue weighted by Gasteiger charge is 2.22. The van der Waals surface area contributed by atoms with Crippen molar-refractivity contribution in [1.29, 1.82) is 0 Å². The van der Waals surface area contributed by atoms with E-state index < -0.39 is 0 Å². The highest BCUT2D eigenvalue weighted by molar-refractivity contribution is 6.42. The molecule has 1 nitrogen and oxygen atoms in total. The Morgan fingerprint density at radius 3 is 2.53 bits per heavy atom. The molecule has 0 bridgehead atoms. The third kappa shape index (κ3) is 2.20. The third-order valence-electron chi connectivity index (χ3n) is 3.30. The van der Waals surface area contributed by atoms with Gasteiger partial charge < -0.3 is 0 Å². The molecule has 0 fully saturated rings. The van der Waals surface area contributed by atoms with E-state index in [9.17, 15) is 4.79 Å². The lowest BCUT2D eigenvalue weighted by atomic mass is 9.83. The van der Waals surface area contributed by atoms with Crippen molar-refractivity contribution < 1.29 is 4.79 Å². The van der Waals surface area contributed by atoms with Gasteiger partial charge in [0.1, 0.15) is 0 Å². The smallest absolute Gasteiger partial charge is 0.185 e. The van der Waals surface area contributed by atoms with Crippen LogP contribution < -0.4 is 0 Å². The summed E-state index contributed by atoms with van der Waals surface area (Å²) in [7, 11) is 0. The van der Waals surface area contributed by atoms with Crippen LogP contribution in [-0.2, 0) is 0 Å². The number of benzene rings is 2. The lowest BCUT2D eigenvalue weighted by Crippen LogP contribution is -2.11. The van der Waals surface area contributed by atoms with E-state index in [4.69, 9.17) is 23.2 Å². The number of hydrogen-bond donors (Lipinski definition) is 0. The molecule has 0 aliphatic heterocycles. The lowest BCUT2D eigenvalue weighted by molar-refractivity contribution is 0.104. The third-order valence-corrected chi connectivity index (χ3v) is 4.04. The van der Waals surface area contributed by atoms with Gasteiger partial charge in [-0.2, -0.15) is 0 Å². The number of allylic oxidation sites excluding steroid dienone is 2. The predicted octanol–water partition coefficient (Wildman–Crippen LogP) is 4.88. The molecule has 1 atom stereocenters. The molecule has 0 heterocycles. The highest BCUT2D eigenvalue weighted by Crippen LogP contribution is 2.35. The van der Waals surface area contributed by atoms with Gasteiger partial charge in [-0.15, -0.1) is 0 Å². The van der Waals surface area contributed by atoms with Crippen LogP contribution in [0.2, 0.25) is 10.0 Å². The van der Waals surface area contributed by atoms with Gasteiger partial charge in [0.2, 0.25) is 0 Å². The quantitative estimate of drug-likeness (QED) is 0.731. The number of carbonyl (C=O) groups excluding carboxylic acids is 1. The second-order valence-electron chi connectivity index (χ2n) is 4.46. The van der Waals surface area contributed by atoms with Crippen molar-refractivity contribution in [3.8, 4) is 0 Å². The van der Waals surface area contributed by atoms with Crippen molar-refractivity contribution in [3.63, 3.8) is 0 Å². The standard InChI is InChI=1S/C16H10Cl2O/c17-14-7-5-10(9-15(14)18)11-6-8-16(19)13-4-2-1-3-12(11)13/h1-9,11H/t11-/m0/s1. The zero-order valence-corrected chi connectivity index (χ0v) is 11.4. The average molecular weight is 289 g/mol. The summed E-state index contributed by atoms with van der Waals surface area (Å²) in [6.07, 6.45) is 3.53. The monoisotopic (exact) mass is 288 g/mol. The maximum Gasteiger partial charge on any atom is 0.185 e. The summed E-state index contributed by atoms with van der Waals surface area (Å²) in [5, 5.41) is 1.07. The molecule has 0 saturated heterocycles. The Balaban J connectivity index is 2.13. The van der Waals surface area contributed by atoms with E-state index in [2.05, 4.69) is 0 Å². The molecule has 0 amide bonds. The van der Waals surface area contributed by atoms with Gasteiger partial charge in [-0.25, -0.2) is 0 Å². The molecule has 3 heteroatoms. The lowest BCUT2D eigenvalue weighted by Gasteiger charge is -2.20. The molecule has 3 rings (SSSR count). The SMILES string of the molecule is O=C1C=C[C@@H](c2ccc(Cl)c(Cl)c2)c2ccccc21. The predicted molar refractivity (Wildman–Crippen MR) is 78.2 cm³/mol. The first-order valence-corrected chi connectivity index (χ1v) is 6.69. The molecule has 94 valence electrons. The zero-order valence-electron chi connectivity index (χ0n) is 9.94. The Kier molecular flexibility index (Phi) is 3.17. The molecule has 0 radical (unpaired) electrons. The normalized spacial score (nSPS) is 17.4. The summed E-state index contributed by atoms with van der Waals surface area (Å²) in [6.45, 7) is 0. The number of hydrogen-bond acceptors (Lipinski definition) is 1. The largest absolute Gasteiger partial charge is 0.289 e. The minimum Gasteiger partial charge on any atom is -0.289 e. The molecule has 0 spiro atoms. The van der Waals surface area contributed by atoms with Crippen LogP contribution in [0, 0.1) is 0 Å². The number of halogens is 2. The van der Waals surface area contributed by atoms with Crippen LogP contribution >= 0.6 is 23.2 Å². The van der Waals surface area contributed by atoms with Crippen LogP contribution in [-0.4, -0.2) is 5.78 Å². The summed E-state index contributed by atoms with van der Waals surface area (Å²) >= 11 is 12.0. The van der Waals surface area contributed by atoms with E-state index in [1.165, 1.54) is 0 Å². The van der Waals surface area contributed by atoms with Crippen molar-refractivity contribution in [2.45, 2.75) is 5.92 Å². The Bertz CT molecular complexity index is 689. The van der Waals surface area contributed by atoms with Crippen LogP contribution in [0.25, 0.3) is 0 Å². The van der Waals surface area contributed by atoms with Gasteiger partial charge in [0.25, 0.3) is 0 Å². The van der Waals surface area contributed by atoms with Gasteiger partial charge >= 0.3 is 0 Å². The first-order chi connectivity index (χ1) is 9.16. The number of fused-ring (bicyclic) bond motifs is 1. The minimum absolute atomic E-state index is 0.0451. The van der Waals surface area contributed by atoms with Crippen molar-refractivity contribution in [3.05, 3.63) is 81.4 Å². The van der Waals surface area contributed by atoms with Crippen LogP contribution in [0.5, 0.6) is 0 Å². The Hall–Kier alpha value is -1.57. The number of rotatable bonds is 1. The van der Waals surface area contributed by atoms with Gasteiger partial charge in [-0.05, 0) is 29.3 Å². The van der Waals surface area contributed by atoms with Gasteiger partial charge in [0, 0.05) is 11.5 Å². The van der Waals surface area contributed by atoms with Gasteiger partial charge in [-0.3, -0.25) is 4.79 Å². The fourth-order valence-electron chi connectivity index (χ4n) is 2.37. The van der Waals surface area contributed by atoms with Crippen LogP contribution in [0.3, 0.4) is 0 Å². The van der Waals surface area contributed by atoms with Crippen molar-refractivity contribution >= 4 is 29.0 Å². The van der Waals surface area contributed by atoms with Crippen LogP contribution in [0.15, 0.2) is 54.6 Å². The summed E-state index contributed by atoms with van der Waals surface area (Å²) in [5.74, 6) is 0.0931. The van der Waals surface area contributed by atoms with Gasteiger partial charge in [0.15, 0.2) is 5.78 Å². The highest BCUT2D eigenvalue weighted by atomic mass is 35.5. The molecule has 2 aromatic rings. The molecule has 2 aromatic carbocycles. The molecular formula is C16H10Cl2O. The molecule has 0 saturated carbocycles. The zero-order chi connectivity index (χ0) is 13.4. The van der Waals surface area contributed by atoms with E-state index in [-0.39, 0.29) is 11.7 Å². The van der Waals surface area contributed by atoms with Gasteiger partial charge in [0.05, 0.1) is 10.0 Å².